The van der Waals surface area contributed by atoms with Crippen molar-refractivity contribution >= 4 is 17.2 Å². The monoisotopic (exact) mass is 263 g/mol. The van der Waals surface area contributed by atoms with Gasteiger partial charge in [-0.05, 0) is 19.1 Å². The van der Waals surface area contributed by atoms with Crippen molar-refractivity contribution in [1.82, 2.24) is 14.9 Å². The number of carbonyl (C=O) groups is 1. The molecule has 96 valence electrons. The average Bonchev–Trinajstić information content (AvgIpc) is 2.97. The highest BCUT2D eigenvalue weighted by Gasteiger charge is 2.11. The average molecular weight is 263 g/mol. The fraction of sp³-hybridized carbons (Fsp3) is 0.385. The maximum atomic E-state index is 11.7. The highest BCUT2D eigenvalue weighted by Crippen LogP contribution is 2.18. The number of thiazole rings is 1. The molecule has 0 aliphatic rings. The van der Waals surface area contributed by atoms with Crippen LogP contribution in [0.4, 0.5) is 0 Å². The molecule has 18 heavy (non-hydrogen) atoms. The molecule has 0 aliphatic carbocycles. The van der Waals surface area contributed by atoms with Crippen molar-refractivity contribution in [2.24, 2.45) is 0 Å². The van der Waals surface area contributed by atoms with Gasteiger partial charge < -0.3 is 9.88 Å². The van der Waals surface area contributed by atoms with E-state index in [4.69, 9.17) is 0 Å². The number of aryl methyl sites for hydroxylation is 1. The molecule has 1 amide bonds. The molecule has 1 N–H and O–H groups in total. The molecule has 0 saturated heterocycles. The Hall–Kier alpha value is -1.62. The number of hydrogen-bond acceptors (Lipinski definition) is 3. The van der Waals surface area contributed by atoms with E-state index in [1.807, 2.05) is 41.4 Å². The van der Waals surface area contributed by atoms with Crippen LogP contribution in [0.2, 0.25) is 0 Å². The van der Waals surface area contributed by atoms with Crippen LogP contribution in [0, 0.1) is 6.92 Å². The maximum absolute atomic E-state index is 11.7. The van der Waals surface area contributed by atoms with Gasteiger partial charge in [0.25, 0.3) is 0 Å². The third-order valence-corrected chi connectivity index (χ3v) is 3.85. The first-order chi connectivity index (χ1) is 8.65. The summed E-state index contributed by atoms with van der Waals surface area (Å²) >= 11 is 1.65. The minimum Gasteiger partial charge on any atom is -0.354 e. The van der Waals surface area contributed by atoms with Crippen LogP contribution >= 0.6 is 11.3 Å². The fourth-order valence-electron chi connectivity index (χ4n) is 1.65. The Balaban J connectivity index is 1.79. The van der Waals surface area contributed by atoms with Crippen LogP contribution in [0.5, 0.6) is 0 Å². The van der Waals surface area contributed by atoms with E-state index in [9.17, 15) is 4.79 Å². The predicted molar refractivity (Wildman–Crippen MR) is 72.7 cm³/mol. The first-order valence-electron chi connectivity index (χ1n) is 5.94. The zero-order valence-corrected chi connectivity index (χ0v) is 11.4. The van der Waals surface area contributed by atoms with Crippen molar-refractivity contribution in [3.05, 3.63) is 40.6 Å². The molecule has 1 atom stereocenters. The molecule has 0 spiro atoms. The summed E-state index contributed by atoms with van der Waals surface area (Å²) < 4.78 is 1.85. The standard InChI is InChI=1S/C13H17N3OS/c1-10(13-15-11(2)9-18-13)7-14-12(17)8-16-5-3-4-6-16/h3-6,9-10H,7-8H2,1-2H3,(H,14,17). The van der Waals surface area contributed by atoms with Gasteiger partial charge in [0, 0.05) is 35.9 Å². The van der Waals surface area contributed by atoms with Crippen LogP contribution in [-0.2, 0) is 11.3 Å². The second-order valence-electron chi connectivity index (χ2n) is 4.39. The number of nitrogens with one attached hydrogen (secondary N) is 1. The van der Waals surface area contributed by atoms with E-state index in [2.05, 4.69) is 17.2 Å². The van der Waals surface area contributed by atoms with E-state index in [0.29, 0.717) is 13.1 Å². The number of aromatic nitrogens is 2. The lowest BCUT2D eigenvalue weighted by atomic mass is 10.2. The molecule has 0 bridgehead atoms. The van der Waals surface area contributed by atoms with Crippen LogP contribution in [-0.4, -0.2) is 22.0 Å². The Kier molecular flexibility index (Phi) is 4.15. The summed E-state index contributed by atoms with van der Waals surface area (Å²) in [4.78, 5) is 16.1. The van der Waals surface area contributed by atoms with Gasteiger partial charge in [-0.15, -0.1) is 11.3 Å². The largest absolute Gasteiger partial charge is 0.354 e. The second-order valence-corrected chi connectivity index (χ2v) is 5.28. The topological polar surface area (TPSA) is 46.9 Å². The zero-order chi connectivity index (χ0) is 13.0. The molecule has 2 aromatic rings. The summed E-state index contributed by atoms with van der Waals surface area (Å²) in [6.45, 7) is 5.06. The second kappa shape index (κ2) is 5.82. The Bertz CT molecular complexity index is 504. The van der Waals surface area contributed by atoms with E-state index in [1.165, 1.54) is 0 Å². The number of hydrogen-bond donors (Lipinski definition) is 1. The lowest BCUT2D eigenvalue weighted by molar-refractivity contribution is -0.121. The highest BCUT2D eigenvalue weighted by atomic mass is 32.1. The molecule has 2 aromatic heterocycles. The number of amides is 1. The van der Waals surface area contributed by atoms with Crippen molar-refractivity contribution in [3.63, 3.8) is 0 Å². The minimum atomic E-state index is 0.0336. The number of carbonyl (C=O) groups excluding carboxylic acids is 1. The van der Waals surface area contributed by atoms with E-state index in [0.717, 1.165) is 10.7 Å². The molecule has 4 nitrogen and oxygen atoms in total. The summed E-state index contributed by atoms with van der Waals surface area (Å²) in [6, 6.07) is 3.82. The molecule has 0 aromatic carbocycles. The third-order valence-electron chi connectivity index (χ3n) is 2.66. The SMILES string of the molecule is Cc1csc(C(C)CNC(=O)Cn2cccc2)n1. The van der Waals surface area contributed by atoms with Crippen molar-refractivity contribution in [1.29, 1.82) is 0 Å². The molecule has 2 heterocycles. The van der Waals surface area contributed by atoms with Gasteiger partial charge in [0.15, 0.2) is 0 Å². The summed E-state index contributed by atoms with van der Waals surface area (Å²) in [5, 5.41) is 6.05. The summed E-state index contributed by atoms with van der Waals surface area (Å²) in [5.74, 6) is 0.295. The van der Waals surface area contributed by atoms with Gasteiger partial charge in [0.1, 0.15) is 6.54 Å². The van der Waals surface area contributed by atoms with Crippen LogP contribution in [0.3, 0.4) is 0 Å². The normalized spacial score (nSPS) is 12.3. The maximum Gasteiger partial charge on any atom is 0.239 e. The molecule has 0 aliphatic heterocycles. The molecule has 0 fully saturated rings. The van der Waals surface area contributed by atoms with Gasteiger partial charge in [0.05, 0.1) is 5.01 Å². The lowest BCUT2D eigenvalue weighted by Crippen LogP contribution is -2.30. The van der Waals surface area contributed by atoms with Gasteiger partial charge in [-0.1, -0.05) is 6.92 Å². The Morgan fingerprint density at radius 3 is 2.83 bits per heavy atom. The van der Waals surface area contributed by atoms with Gasteiger partial charge in [0.2, 0.25) is 5.91 Å². The summed E-state index contributed by atoms with van der Waals surface area (Å²) in [6.07, 6.45) is 3.76. The Labute approximate surface area is 111 Å². The van der Waals surface area contributed by atoms with Gasteiger partial charge in [-0.3, -0.25) is 4.79 Å². The molecule has 2 rings (SSSR count). The number of nitrogens with zero attached hydrogens (tertiary/aromatic N) is 2. The van der Waals surface area contributed by atoms with Crippen LogP contribution < -0.4 is 5.32 Å². The van der Waals surface area contributed by atoms with Gasteiger partial charge in [-0.25, -0.2) is 4.98 Å². The van der Waals surface area contributed by atoms with Crippen LogP contribution in [0.15, 0.2) is 29.9 Å². The summed E-state index contributed by atoms with van der Waals surface area (Å²) in [5.41, 5.74) is 1.04. The molecule has 0 saturated carbocycles. The van der Waals surface area contributed by atoms with Crippen molar-refractivity contribution in [2.75, 3.05) is 6.54 Å². The quantitative estimate of drug-likeness (QED) is 0.898. The third kappa shape index (κ3) is 3.43. The zero-order valence-electron chi connectivity index (χ0n) is 10.6. The Morgan fingerprint density at radius 2 is 2.22 bits per heavy atom. The first-order valence-corrected chi connectivity index (χ1v) is 6.82. The lowest BCUT2D eigenvalue weighted by Gasteiger charge is -2.10. The van der Waals surface area contributed by atoms with Crippen LogP contribution in [0.1, 0.15) is 23.5 Å². The Morgan fingerprint density at radius 1 is 1.50 bits per heavy atom. The highest BCUT2D eigenvalue weighted by molar-refractivity contribution is 7.09. The molecule has 5 heteroatoms. The van der Waals surface area contributed by atoms with Crippen molar-refractivity contribution in [3.8, 4) is 0 Å². The predicted octanol–water partition coefficient (Wildman–Crippen LogP) is 2.17. The molecular formula is C13H17N3OS. The summed E-state index contributed by atoms with van der Waals surface area (Å²) in [7, 11) is 0. The van der Waals surface area contributed by atoms with Gasteiger partial charge in [-0.2, -0.15) is 0 Å². The van der Waals surface area contributed by atoms with Gasteiger partial charge >= 0.3 is 0 Å². The molecule has 1 unspecified atom stereocenters. The smallest absolute Gasteiger partial charge is 0.239 e. The minimum absolute atomic E-state index is 0.0336. The number of rotatable bonds is 5. The van der Waals surface area contributed by atoms with E-state index in [1.54, 1.807) is 11.3 Å². The van der Waals surface area contributed by atoms with E-state index >= 15 is 0 Å². The van der Waals surface area contributed by atoms with E-state index < -0.39 is 0 Å². The van der Waals surface area contributed by atoms with Crippen molar-refractivity contribution < 1.29 is 4.79 Å². The van der Waals surface area contributed by atoms with Crippen molar-refractivity contribution in [2.45, 2.75) is 26.3 Å². The molecular weight excluding hydrogens is 246 g/mol. The van der Waals surface area contributed by atoms with E-state index in [-0.39, 0.29) is 11.8 Å². The fourth-order valence-corrected chi connectivity index (χ4v) is 2.51. The van der Waals surface area contributed by atoms with Crippen LogP contribution in [0.25, 0.3) is 0 Å². The molecule has 0 radical (unpaired) electrons. The first kappa shape index (κ1) is 12.8.